The van der Waals surface area contributed by atoms with Gasteiger partial charge in [-0.1, -0.05) is 30.3 Å². The molecule has 0 saturated carbocycles. The minimum absolute atomic E-state index is 0.248. The molecule has 0 saturated heterocycles. The summed E-state index contributed by atoms with van der Waals surface area (Å²) < 4.78 is 3.47. The van der Waals surface area contributed by atoms with Gasteiger partial charge in [-0.25, -0.2) is 4.98 Å². The second-order valence-corrected chi connectivity index (χ2v) is 7.57. The number of aryl methyl sites for hydroxylation is 3. The normalized spacial score (nSPS) is 10.8. The Balaban J connectivity index is 1.38. The third-order valence-electron chi connectivity index (χ3n) is 4.71. The first-order valence-electron chi connectivity index (χ1n) is 9.65. The molecule has 3 N–H and O–H groups in total. The largest absolute Gasteiger partial charge is 0.329 e. The van der Waals surface area contributed by atoms with Gasteiger partial charge in [0.15, 0.2) is 10.8 Å². The summed E-state index contributed by atoms with van der Waals surface area (Å²) in [7, 11) is 1.80. The number of anilines is 1. The van der Waals surface area contributed by atoms with Crippen LogP contribution in [0, 0.1) is 13.8 Å². The number of amides is 1. The fourth-order valence-electron chi connectivity index (χ4n) is 3.38. The third-order valence-corrected chi connectivity index (χ3v) is 4.91. The zero-order valence-corrected chi connectivity index (χ0v) is 18.2. The van der Waals surface area contributed by atoms with E-state index in [1.807, 2.05) is 50.4 Å². The molecule has 1 amide bonds. The number of thiocarbonyl (C=S) groups is 1. The van der Waals surface area contributed by atoms with Crippen molar-refractivity contribution >= 4 is 40.0 Å². The Morgan fingerprint density at radius 1 is 1.16 bits per heavy atom. The van der Waals surface area contributed by atoms with Crippen molar-refractivity contribution in [2.75, 3.05) is 5.32 Å². The van der Waals surface area contributed by atoms with Gasteiger partial charge in [0.25, 0.3) is 5.91 Å². The first-order valence-corrected chi connectivity index (χ1v) is 10.1. The van der Waals surface area contributed by atoms with Gasteiger partial charge in [-0.05, 0) is 37.7 Å². The number of fused-ring (bicyclic) bond motifs is 1. The first-order chi connectivity index (χ1) is 14.9. The number of benzene rings is 1. The van der Waals surface area contributed by atoms with E-state index in [4.69, 9.17) is 12.2 Å². The lowest BCUT2D eigenvalue weighted by atomic mass is 10.1. The predicted molar refractivity (Wildman–Crippen MR) is 123 cm³/mol. The summed E-state index contributed by atoms with van der Waals surface area (Å²) in [6.07, 6.45) is 3.52. The van der Waals surface area contributed by atoms with Crippen molar-refractivity contribution in [3.05, 3.63) is 71.3 Å². The first kappa shape index (κ1) is 20.5. The molecule has 31 heavy (non-hydrogen) atoms. The van der Waals surface area contributed by atoms with Crippen molar-refractivity contribution in [3.8, 4) is 0 Å². The lowest BCUT2D eigenvalue weighted by Crippen LogP contribution is -2.43. The van der Waals surface area contributed by atoms with E-state index in [1.165, 1.54) is 0 Å². The van der Waals surface area contributed by atoms with Crippen LogP contribution in [0.25, 0.3) is 11.0 Å². The van der Waals surface area contributed by atoms with Gasteiger partial charge in [0.2, 0.25) is 0 Å². The fourth-order valence-corrected chi connectivity index (χ4v) is 3.55. The van der Waals surface area contributed by atoms with E-state index in [0.717, 1.165) is 17.0 Å². The standard InChI is InChI=1S/C21H22N8OS/c1-13-9-17(18-14(2)27-28(3)19(18)23-13)20(30)25-26-21(31)24-16-10-22-29(12-16)11-15-7-5-4-6-8-15/h4-10,12H,11H2,1-3H3,(H,25,30)(H2,24,26,31). The number of nitrogens with zero attached hydrogens (tertiary/aromatic N) is 5. The molecule has 0 aliphatic rings. The second-order valence-electron chi connectivity index (χ2n) is 7.16. The zero-order chi connectivity index (χ0) is 22.0. The topological polar surface area (TPSA) is 102 Å². The lowest BCUT2D eigenvalue weighted by Gasteiger charge is -2.11. The highest BCUT2D eigenvalue weighted by Crippen LogP contribution is 2.21. The number of nitrogens with one attached hydrogen (secondary N) is 3. The van der Waals surface area contributed by atoms with Crippen LogP contribution >= 0.6 is 12.2 Å². The lowest BCUT2D eigenvalue weighted by molar-refractivity contribution is 0.0945. The molecule has 3 heterocycles. The van der Waals surface area contributed by atoms with Crippen molar-refractivity contribution in [2.45, 2.75) is 20.4 Å². The van der Waals surface area contributed by atoms with Crippen LogP contribution in [-0.2, 0) is 13.6 Å². The monoisotopic (exact) mass is 434 g/mol. The summed E-state index contributed by atoms with van der Waals surface area (Å²) in [5.74, 6) is -0.324. The van der Waals surface area contributed by atoms with Crippen molar-refractivity contribution in [1.82, 2.24) is 35.4 Å². The summed E-state index contributed by atoms with van der Waals surface area (Å²) >= 11 is 5.29. The number of rotatable bonds is 4. The molecule has 4 aromatic rings. The Morgan fingerprint density at radius 2 is 1.94 bits per heavy atom. The molecule has 158 valence electrons. The molecular weight excluding hydrogens is 412 g/mol. The number of carbonyl (C=O) groups is 1. The molecule has 1 aromatic carbocycles. The summed E-state index contributed by atoms with van der Waals surface area (Å²) in [5, 5.41) is 12.7. The molecule has 0 unspecified atom stereocenters. The highest BCUT2D eigenvalue weighted by molar-refractivity contribution is 7.80. The van der Waals surface area contributed by atoms with Crippen molar-refractivity contribution < 1.29 is 4.79 Å². The van der Waals surface area contributed by atoms with Crippen LogP contribution in [0.3, 0.4) is 0 Å². The predicted octanol–water partition coefficient (Wildman–Crippen LogP) is 2.46. The Bertz CT molecular complexity index is 1260. The van der Waals surface area contributed by atoms with Crippen LogP contribution in [0.1, 0.15) is 27.3 Å². The van der Waals surface area contributed by atoms with Gasteiger partial charge in [0, 0.05) is 18.9 Å². The van der Waals surface area contributed by atoms with E-state index in [-0.39, 0.29) is 11.0 Å². The van der Waals surface area contributed by atoms with Gasteiger partial charge in [-0.15, -0.1) is 0 Å². The molecule has 0 atom stereocenters. The molecule has 0 bridgehead atoms. The molecule has 9 nitrogen and oxygen atoms in total. The van der Waals surface area contributed by atoms with E-state index < -0.39 is 0 Å². The number of pyridine rings is 1. The fraction of sp³-hybridized carbons (Fsp3) is 0.190. The van der Waals surface area contributed by atoms with Gasteiger partial charge in [-0.3, -0.25) is 25.0 Å². The number of hydrogen-bond donors (Lipinski definition) is 3. The van der Waals surface area contributed by atoms with Crippen LogP contribution in [0.2, 0.25) is 0 Å². The van der Waals surface area contributed by atoms with Crippen LogP contribution in [0.4, 0.5) is 5.69 Å². The maximum absolute atomic E-state index is 12.8. The minimum Gasteiger partial charge on any atom is -0.329 e. The highest BCUT2D eigenvalue weighted by atomic mass is 32.1. The van der Waals surface area contributed by atoms with Gasteiger partial charge in [-0.2, -0.15) is 10.2 Å². The molecule has 10 heteroatoms. The summed E-state index contributed by atoms with van der Waals surface area (Å²) in [5.41, 5.74) is 9.85. The SMILES string of the molecule is Cc1cc(C(=O)NNC(=S)Nc2cnn(Cc3ccccc3)c2)c2c(C)nn(C)c2n1. The number of hydrazine groups is 1. The Hall–Kier alpha value is -3.79. The molecule has 3 aromatic heterocycles. The van der Waals surface area contributed by atoms with Gasteiger partial charge in [0.05, 0.1) is 35.1 Å². The van der Waals surface area contributed by atoms with Crippen molar-refractivity contribution in [3.63, 3.8) is 0 Å². The van der Waals surface area contributed by atoms with Gasteiger partial charge >= 0.3 is 0 Å². The second kappa shape index (κ2) is 8.52. The smallest absolute Gasteiger partial charge is 0.270 e. The summed E-state index contributed by atoms with van der Waals surface area (Å²) in [6, 6.07) is 11.8. The number of aromatic nitrogens is 5. The maximum Gasteiger partial charge on any atom is 0.270 e. The zero-order valence-electron chi connectivity index (χ0n) is 17.4. The van der Waals surface area contributed by atoms with Crippen LogP contribution in [-0.4, -0.2) is 35.6 Å². The van der Waals surface area contributed by atoms with Crippen LogP contribution < -0.4 is 16.2 Å². The van der Waals surface area contributed by atoms with Gasteiger partial charge in [0.1, 0.15) is 0 Å². The highest BCUT2D eigenvalue weighted by Gasteiger charge is 2.17. The van der Waals surface area contributed by atoms with E-state index in [0.29, 0.717) is 28.8 Å². The molecule has 4 rings (SSSR count). The van der Waals surface area contributed by atoms with Crippen LogP contribution in [0.5, 0.6) is 0 Å². The number of hydrogen-bond acceptors (Lipinski definition) is 5. The van der Waals surface area contributed by atoms with Crippen molar-refractivity contribution in [2.24, 2.45) is 7.05 Å². The molecule has 0 radical (unpaired) electrons. The Morgan fingerprint density at radius 3 is 2.71 bits per heavy atom. The van der Waals surface area contributed by atoms with E-state index in [9.17, 15) is 4.79 Å². The minimum atomic E-state index is -0.324. The molecule has 0 aliphatic carbocycles. The molecule has 0 spiro atoms. The summed E-state index contributed by atoms with van der Waals surface area (Å²) in [6.45, 7) is 4.34. The average Bonchev–Trinajstić information content (AvgIpc) is 3.29. The average molecular weight is 435 g/mol. The Labute approximate surface area is 184 Å². The molecule has 0 aliphatic heterocycles. The van der Waals surface area contributed by atoms with E-state index >= 15 is 0 Å². The quantitative estimate of drug-likeness (QED) is 0.335. The van der Waals surface area contributed by atoms with E-state index in [1.54, 1.807) is 28.7 Å². The molecular formula is C21H22N8OS. The number of carbonyl (C=O) groups excluding carboxylic acids is 1. The van der Waals surface area contributed by atoms with Crippen molar-refractivity contribution in [1.29, 1.82) is 0 Å². The van der Waals surface area contributed by atoms with E-state index in [2.05, 4.69) is 31.3 Å². The summed E-state index contributed by atoms with van der Waals surface area (Å²) in [4.78, 5) is 17.3. The molecule has 0 fully saturated rings. The Kier molecular flexibility index (Phi) is 5.63. The van der Waals surface area contributed by atoms with Crippen LogP contribution in [0.15, 0.2) is 48.8 Å². The van der Waals surface area contributed by atoms with Gasteiger partial charge < -0.3 is 5.32 Å². The maximum atomic E-state index is 12.8. The third kappa shape index (κ3) is 4.53.